The highest BCUT2D eigenvalue weighted by Crippen LogP contribution is 2.35. The van der Waals surface area contributed by atoms with Crippen LogP contribution in [0.1, 0.15) is 62.9 Å². The lowest BCUT2D eigenvalue weighted by Crippen LogP contribution is -2.40. The summed E-state index contributed by atoms with van der Waals surface area (Å²) < 4.78 is 0. The predicted molar refractivity (Wildman–Crippen MR) is 89.4 cm³/mol. The smallest absolute Gasteiger partial charge is 0.241 e. The van der Waals surface area contributed by atoms with Crippen LogP contribution in [0.4, 0.5) is 0 Å². The molecule has 118 valence electrons. The van der Waals surface area contributed by atoms with Crippen LogP contribution in [0.15, 0.2) is 12.1 Å². The maximum atomic E-state index is 12.9. The Morgan fingerprint density at radius 2 is 2.05 bits per heavy atom. The van der Waals surface area contributed by atoms with Gasteiger partial charge < -0.3 is 4.90 Å². The van der Waals surface area contributed by atoms with E-state index in [0.717, 1.165) is 19.3 Å². The minimum atomic E-state index is -0.0525. The van der Waals surface area contributed by atoms with Gasteiger partial charge in [0.25, 0.3) is 0 Å². The Labute approximate surface area is 132 Å². The molecule has 3 nitrogen and oxygen atoms in total. The van der Waals surface area contributed by atoms with Crippen molar-refractivity contribution < 1.29 is 4.79 Å². The number of carbonyl (C=O) groups excluding carboxylic acids is 1. The van der Waals surface area contributed by atoms with Gasteiger partial charge in [-0.2, -0.15) is 0 Å². The van der Waals surface area contributed by atoms with Gasteiger partial charge in [-0.1, -0.05) is 34.1 Å². The highest BCUT2D eigenvalue weighted by atomic mass is 32.1. The molecule has 1 N–H and O–H groups in total. The molecule has 3 unspecified atom stereocenters. The van der Waals surface area contributed by atoms with Crippen LogP contribution in [-0.4, -0.2) is 22.9 Å². The molecule has 2 rings (SSSR count). The van der Waals surface area contributed by atoms with Crippen LogP contribution in [0.25, 0.3) is 0 Å². The first-order chi connectivity index (χ1) is 9.99. The molecular formula is C17H28N2OS. The molecule has 2 heterocycles. The molecule has 3 atom stereocenters. The SMILES string of the molecule is CCCC(CC)N1C(=O)C(C(C)C)NC1c1ccc(C)s1. The molecule has 0 saturated carbocycles. The van der Waals surface area contributed by atoms with Crippen LogP contribution in [0.5, 0.6) is 0 Å². The Morgan fingerprint density at radius 3 is 2.52 bits per heavy atom. The fraction of sp³-hybridized carbons (Fsp3) is 0.706. The van der Waals surface area contributed by atoms with Crippen LogP contribution in [0.3, 0.4) is 0 Å². The quantitative estimate of drug-likeness (QED) is 0.858. The largest absolute Gasteiger partial charge is 0.318 e. The van der Waals surface area contributed by atoms with Crippen molar-refractivity contribution in [3.63, 3.8) is 0 Å². The second-order valence-corrected chi connectivity index (χ2v) is 7.66. The average molecular weight is 308 g/mol. The lowest BCUT2D eigenvalue weighted by molar-refractivity contribution is -0.133. The lowest BCUT2D eigenvalue weighted by Gasteiger charge is -2.31. The first-order valence-corrected chi connectivity index (χ1v) is 8.95. The van der Waals surface area contributed by atoms with E-state index in [4.69, 9.17) is 0 Å². The number of aryl methyl sites for hydroxylation is 1. The Kier molecular flexibility index (Phi) is 5.44. The average Bonchev–Trinajstić information content (AvgIpc) is 3.00. The zero-order chi connectivity index (χ0) is 15.6. The van der Waals surface area contributed by atoms with E-state index in [1.54, 1.807) is 11.3 Å². The summed E-state index contributed by atoms with van der Waals surface area (Å²) in [6, 6.07) is 4.60. The van der Waals surface area contributed by atoms with Crippen LogP contribution < -0.4 is 5.32 Å². The van der Waals surface area contributed by atoms with Crippen molar-refractivity contribution in [3.05, 3.63) is 21.9 Å². The summed E-state index contributed by atoms with van der Waals surface area (Å²) in [5.74, 6) is 0.603. The molecule has 0 radical (unpaired) electrons. The van der Waals surface area contributed by atoms with Crippen molar-refractivity contribution in [2.24, 2.45) is 5.92 Å². The predicted octanol–water partition coefficient (Wildman–Crippen LogP) is 4.09. The van der Waals surface area contributed by atoms with Gasteiger partial charge in [0.1, 0.15) is 6.17 Å². The molecule has 4 heteroatoms. The van der Waals surface area contributed by atoms with Crippen LogP contribution in [-0.2, 0) is 4.79 Å². The van der Waals surface area contributed by atoms with Gasteiger partial charge >= 0.3 is 0 Å². The van der Waals surface area contributed by atoms with E-state index in [2.05, 4.69) is 57.0 Å². The summed E-state index contributed by atoms with van der Waals surface area (Å²) in [5.41, 5.74) is 0. The molecule has 0 spiro atoms. The van der Waals surface area contributed by atoms with E-state index in [1.807, 2.05) is 0 Å². The lowest BCUT2D eigenvalue weighted by atomic mass is 10.0. The highest BCUT2D eigenvalue weighted by Gasteiger charge is 2.43. The zero-order valence-corrected chi connectivity index (χ0v) is 14.7. The number of carbonyl (C=O) groups is 1. The Hall–Kier alpha value is -0.870. The van der Waals surface area contributed by atoms with Gasteiger partial charge in [0.05, 0.1) is 6.04 Å². The molecule has 0 aromatic carbocycles. The van der Waals surface area contributed by atoms with Crippen molar-refractivity contribution in [2.75, 3.05) is 0 Å². The molecule has 1 aliphatic rings. The van der Waals surface area contributed by atoms with Crippen LogP contribution in [0.2, 0.25) is 0 Å². The van der Waals surface area contributed by atoms with E-state index in [0.29, 0.717) is 12.0 Å². The zero-order valence-electron chi connectivity index (χ0n) is 13.8. The maximum absolute atomic E-state index is 12.9. The molecule has 21 heavy (non-hydrogen) atoms. The van der Waals surface area contributed by atoms with Crippen LogP contribution in [0, 0.1) is 12.8 Å². The summed E-state index contributed by atoms with van der Waals surface area (Å²) in [6.07, 6.45) is 3.27. The monoisotopic (exact) mass is 308 g/mol. The van der Waals surface area contributed by atoms with Crippen molar-refractivity contribution in [1.29, 1.82) is 0 Å². The Morgan fingerprint density at radius 1 is 1.33 bits per heavy atom. The van der Waals surface area contributed by atoms with Crippen molar-refractivity contribution in [1.82, 2.24) is 10.2 Å². The molecule has 1 fully saturated rings. The van der Waals surface area contributed by atoms with Gasteiger partial charge in [-0.15, -0.1) is 11.3 Å². The first-order valence-electron chi connectivity index (χ1n) is 8.14. The third kappa shape index (κ3) is 3.32. The molecule has 1 amide bonds. The molecule has 1 aromatic rings. The fourth-order valence-electron chi connectivity index (χ4n) is 3.17. The van der Waals surface area contributed by atoms with Gasteiger partial charge in [-0.25, -0.2) is 0 Å². The number of hydrogen-bond acceptors (Lipinski definition) is 3. The number of thiophene rings is 1. The minimum Gasteiger partial charge on any atom is -0.318 e. The molecular weight excluding hydrogens is 280 g/mol. The van der Waals surface area contributed by atoms with Crippen molar-refractivity contribution in [3.8, 4) is 0 Å². The maximum Gasteiger partial charge on any atom is 0.241 e. The number of nitrogens with zero attached hydrogens (tertiary/aromatic N) is 1. The molecule has 1 aromatic heterocycles. The summed E-state index contributed by atoms with van der Waals surface area (Å²) >= 11 is 1.79. The standard InChI is InChI=1S/C17H28N2OS/c1-6-8-13(7-2)19-16(14-10-9-12(5)21-14)18-15(11(3)4)17(19)20/h9-11,13,15-16,18H,6-8H2,1-5H3. The van der Waals surface area contributed by atoms with Crippen LogP contribution >= 0.6 is 11.3 Å². The molecule has 1 saturated heterocycles. The Balaban J connectivity index is 2.32. The van der Waals surface area contributed by atoms with E-state index in [1.165, 1.54) is 9.75 Å². The number of nitrogens with one attached hydrogen (secondary N) is 1. The summed E-state index contributed by atoms with van der Waals surface area (Å²) in [6.45, 7) is 10.7. The van der Waals surface area contributed by atoms with Crippen molar-refractivity contribution in [2.45, 2.75) is 72.1 Å². The van der Waals surface area contributed by atoms with Crippen molar-refractivity contribution >= 4 is 17.2 Å². The van der Waals surface area contributed by atoms with Gasteiger partial charge in [-0.05, 0) is 37.8 Å². The van der Waals surface area contributed by atoms with Gasteiger partial charge in [0.15, 0.2) is 0 Å². The van der Waals surface area contributed by atoms with E-state index in [-0.39, 0.29) is 18.1 Å². The third-order valence-electron chi connectivity index (χ3n) is 4.32. The highest BCUT2D eigenvalue weighted by molar-refractivity contribution is 7.12. The first kappa shape index (κ1) is 16.5. The fourth-order valence-corrected chi connectivity index (χ4v) is 4.11. The Bertz CT molecular complexity index is 483. The minimum absolute atomic E-state index is 0.0525. The van der Waals surface area contributed by atoms with E-state index < -0.39 is 0 Å². The third-order valence-corrected chi connectivity index (χ3v) is 5.37. The second kappa shape index (κ2) is 6.93. The second-order valence-electron chi connectivity index (χ2n) is 6.34. The normalized spacial score (nSPS) is 24.1. The van der Waals surface area contributed by atoms with Gasteiger partial charge in [0.2, 0.25) is 5.91 Å². The van der Waals surface area contributed by atoms with Gasteiger partial charge in [0, 0.05) is 15.8 Å². The summed E-state index contributed by atoms with van der Waals surface area (Å²) in [5, 5.41) is 3.58. The number of hydrogen-bond donors (Lipinski definition) is 1. The molecule has 1 aliphatic heterocycles. The molecule has 0 aliphatic carbocycles. The summed E-state index contributed by atoms with van der Waals surface area (Å²) in [7, 11) is 0. The van der Waals surface area contributed by atoms with Gasteiger partial charge in [-0.3, -0.25) is 10.1 Å². The molecule has 0 bridgehead atoms. The summed E-state index contributed by atoms with van der Waals surface area (Å²) in [4.78, 5) is 17.6. The van der Waals surface area contributed by atoms with E-state index >= 15 is 0 Å². The van der Waals surface area contributed by atoms with E-state index in [9.17, 15) is 4.79 Å². The number of rotatable bonds is 6. The topological polar surface area (TPSA) is 32.3 Å². The number of amides is 1.